The van der Waals surface area contributed by atoms with E-state index in [0.717, 1.165) is 18.8 Å². The molecule has 0 aliphatic heterocycles. The molecule has 2 unspecified atom stereocenters. The molecule has 0 spiro atoms. The molecule has 0 radical (unpaired) electrons. The minimum absolute atomic E-state index is 0.329. The van der Waals surface area contributed by atoms with Gasteiger partial charge in [0.2, 0.25) is 0 Å². The molecule has 2 aliphatic rings. The first-order chi connectivity index (χ1) is 8.80. The van der Waals surface area contributed by atoms with Crippen LogP contribution in [-0.4, -0.2) is 0 Å². The fraction of sp³-hybridized carbons (Fsp3) is 0.588. The number of hydrogen-bond donors (Lipinski definition) is 0. The third-order valence-electron chi connectivity index (χ3n) is 4.33. The van der Waals surface area contributed by atoms with Gasteiger partial charge in [-0.3, -0.25) is 0 Å². The van der Waals surface area contributed by atoms with Crippen LogP contribution >= 0.6 is 0 Å². The minimum Gasteiger partial charge on any atom is -0.197 e. The third kappa shape index (κ3) is 2.75. The van der Waals surface area contributed by atoms with Crippen LogP contribution in [0.4, 0.5) is 0 Å². The van der Waals surface area contributed by atoms with Crippen LogP contribution in [0, 0.1) is 22.7 Å². The molecule has 0 fully saturated rings. The molecule has 2 atom stereocenters. The van der Waals surface area contributed by atoms with Gasteiger partial charge in [0.15, 0.2) is 0 Å². The summed E-state index contributed by atoms with van der Waals surface area (Å²) < 4.78 is 0. The van der Waals surface area contributed by atoms with Crippen molar-refractivity contribution in [3.63, 3.8) is 0 Å². The highest BCUT2D eigenvalue weighted by Gasteiger charge is 2.33. The molecule has 0 saturated carbocycles. The fourth-order valence-electron chi connectivity index (χ4n) is 3.06. The van der Waals surface area contributed by atoms with Gasteiger partial charge in [0.25, 0.3) is 0 Å². The number of unbranched alkanes of at least 4 members (excludes halogenated alkanes) is 1. The van der Waals surface area contributed by atoms with Crippen LogP contribution in [0.25, 0.3) is 0 Å². The summed E-state index contributed by atoms with van der Waals surface area (Å²) >= 11 is 0. The topological polar surface area (TPSA) is 23.8 Å². The van der Waals surface area contributed by atoms with Gasteiger partial charge in [-0.2, -0.15) is 5.26 Å². The molecule has 0 bridgehead atoms. The van der Waals surface area contributed by atoms with Crippen LogP contribution in [-0.2, 0) is 0 Å². The van der Waals surface area contributed by atoms with Crippen LogP contribution in [0.3, 0.4) is 0 Å². The third-order valence-corrected chi connectivity index (χ3v) is 4.33. The summed E-state index contributed by atoms with van der Waals surface area (Å²) in [7, 11) is 0. The molecule has 2 rings (SSSR count). The van der Waals surface area contributed by atoms with Crippen LogP contribution in [0.15, 0.2) is 36.0 Å². The van der Waals surface area contributed by atoms with E-state index in [1.54, 1.807) is 0 Å². The molecular formula is C17H23N. The number of allylic oxidation sites excluding steroid dienone is 6. The van der Waals surface area contributed by atoms with E-state index in [4.69, 9.17) is 0 Å². The van der Waals surface area contributed by atoms with Crippen molar-refractivity contribution in [1.82, 2.24) is 0 Å². The second-order valence-corrected chi connectivity index (χ2v) is 5.59. The van der Waals surface area contributed by atoms with Crippen LogP contribution in [0.1, 0.15) is 51.9 Å². The van der Waals surface area contributed by atoms with Crippen LogP contribution < -0.4 is 0 Å². The maximum atomic E-state index is 9.53. The standard InChI is InChI=1S/C17H23N/c1-2-3-7-15-8-10-16(11-9-15)17(14-18)12-5-4-6-13-17/h4-6,10,12,15H,2-3,7-9,11,13H2,1H3. The molecule has 1 heteroatoms. The highest BCUT2D eigenvalue weighted by atomic mass is 14.4. The lowest BCUT2D eigenvalue weighted by atomic mass is 9.71. The zero-order chi connectivity index (χ0) is 12.8. The molecule has 0 heterocycles. The first-order valence-corrected chi connectivity index (χ1v) is 7.26. The van der Waals surface area contributed by atoms with Crippen molar-refractivity contribution in [2.24, 2.45) is 11.3 Å². The van der Waals surface area contributed by atoms with Crippen molar-refractivity contribution >= 4 is 0 Å². The number of nitriles is 1. The van der Waals surface area contributed by atoms with Gasteiger partial charge in [0.05, 0.1) is 11.5 Å². The molecule has 0 saturated heterocycles. The molecule has 0 aromatic heterocycles. The van der Waals surface area contributed by atoms with E-state index in [-0.39, 0.29) is 5.41 Å². The molecule has 0 aromatic carbocycles. The van der Waals surface area contributed by atoms with E-state index in [2.05, 4.69) is 31.2 Å². The van der Waals surface area contributed by atoms with Crippen LogP contribution in [0.5, 0.6) is 0 Å². The Morgan fingerprint density at radius 1 is 1.44 bits per heavy atom. The second kappa shape index (κ2) is 6.05. The Morgan fingerprint density at radius 3 is 2.89 bits per heavy atom. The number of rotatable bonds is 4. The van der Waals surface area contributed by atoms with Crippen molar-refractivity contribution in [1.29, 1.82) is 5.26 Å². The van der Waals surface area contributed by atoms with Gasteiger partial charge in [-0.1, -0.05) is 56.6 Å². The SMILES string of the molecule is CCCCC1CC=C(C2(C#N)C=CC=CC2)CC1. The van der Waals surface area contributed by atoms with E-state index >= 15 is 0 Å². The summed E-state index contributed by atoms with van der Waals surface area (Å²) in [5.74, 6) is 0.854. The molecule has 2 aliphatic carbocycles. The minimum atomic E-state index is -0.329. The van der Waals surface area contributed by atoms with Gasteiger partial charge in [-0.05, 0) is 37.2 Å². The van der Waals surface area contributed by atoms with Gasteiger partial charge in [-0.15, -0.1) is 0 Å². The van der Waals surface area contributed by atoms with Crippen molar-refractivity contribution in [3.8, 4) is 6.07 Å². The predicted octanol–water partition coefficient (Wildman–Crippen LogP) is 4.93. The predicted molar refractivity (Wildman–Crippen MR) is 75.9 cm³/mol. The van der Waals surface area contributed by atoms with Gasteiger partial charge in [0, 0.05) is 0 Å². The Labute approximate surface area is 111 Å². The van der Waals surface area contributed by atoms with Gasteiger partial charge in [0.1, 0.15) is 0 Å². The summed E-state index contributed by atoms with van der Waals surface area (Å²) in [5, 5.41) is 9.53. The average Bonchev–Trinajstić information content (AvgIpc) is 2.46. The largest absolute Gasteiger partial charge is 0.197 e. The fourth-order valence-corrected chi connectivity index (χ4v) is 3.06. The maximum Gasteiger partial charge on any atom is 0.1000 e. The van der Waals surface area contributed by atoms with Crippen molar-refractivity contribution in [2.45, 2.75) is 51.9 Å². The Kier molecular flexibility index (Phi) is 4.42. The van der Waals surface area contributed by atoms with Crippen molar-refractivity contribution in [3.05, 3.63) is 36.0 Å². The molecule has 0 amide bonds. The molecule has 18 heavy (non-hydrogen) atoms. The van der Waals surface area contributed by atoms with E-state index in [1.807, 2.05) is 12.2 Å². The lowest BCUT2D eigenvalue weighted by molar-refractivity contribution is 0.400. The molecular weight excluding hydrogens is 218 g/mol. The Hall–Kier alpha value is -1.29. The Balaban J connectivity index is 2.03. The highest BCUT2D eigenvalue weighted by Crippen LogP contribution is 2.42. The van der Waals surface area contributed by atoms with Gasteiger partial charge >= 0.3 is 0 Å². The zero-order valence-electron chi connectivity index (χ0n) is 11.4. The lowest BCUT2D eigenvalue weighted by Gasteiger charge is -2.31. The normalized spacial score (nSPS) is 30.9. The Bertz CT molecular complexity index is 408. The monoisotopic (exact) mass is 241 g/mol. The lowest BCUT2D eigenvalue weighted by Crippen LogP contribution is -2.22. The number of nitrogens with zero attached hydrogens (tertiary/aromatic N) is 1. The van der Waals surface area contributed by atoms with E-state index < -0.39 is 0 Å². The van der Waals surface area contributed by atoms with E-state index in [1.165, 1.54) is 37.7 Å². The van der Waals surface area contributed by atoms with Crippen molar-refractivity contribution < 1.29 is 0 Å². The highest BCUT2D eigenvalue weighted by molar-refractivity contribution is 5.37. The maximum absolute atomic E-state index is 9.53. The van der Waals surface area contributed by atoms with Gasteiger partial charge in [-0.25, -0.2) is 0 Å². The smallest absolute Gasteiger partial charge is 0.1000 e. The summed E-state index contributed by atoms with van der Waals surface area (Å²) in [6, 6.07) is 2.54. The zero-order valence-corrected chi connectivity index (χ0v) is 11.4. The summed E-state index contributed by atoms with van der Waals surface area (Å²) in [5.41, 5.74) is 1.03. The summed E-state index contributed by atoms with van der Waals surface area (Å²) in [4.78, 5) is 0. The summed E-state index contributed by atoms with van der Waals surface area (Å²) in [6.45, 7) is 2.26. The quantitative estimate of drug-likeness (QED) is 0.640. The number of hydrogen-bond acceptors (Lipinski definition) is 1. The molecule has 1 nitrogen and oxygen atoms in total. The first kappa shape index (κ1) is 13.1. The molecule has 0 N–H and O–H groups in total. The summed E-state index contributed by atoms with van der Waals surface area (Å²) in [6.07, 6.45) is 19.0. The second-order valence-electron chi connectivity index (χ2n) is 5.59. The molecule has 0 aromatic rings. The van der Waals surface area contributed by atoms with Crippen LogP contribution in [0.2, 0.25) is 0 Å². The van der Waals surface area contributed by atoms with E-state index in [9.17, 15) is 5.26 Å². The molecule has 96 valence electrons. The Morgan fingerprint density at radius 2 is 2.33 bits per heavy atom. The van der Waals surface area contributed by atoms with Gasteiger partial charge < -0.3 is 0 Å². The van der Waals surface area contributed by atoms with Crippen molar-refractivity contribution in [2.75, 3.05) is 0 Å². The average molecular weight is 241 g/mol. The van der Waals surface area contributed by atoms with E-state index in [0.29, 0.717) is 0 Å². The first-order valence-electron chi connectivity index (χ1n) is 7.26.